The van der Waals surface area contributed by atoms with Gasteiger partial charge in [0.2, 0.25) is 5.91 Å². The lowest BCUT2D eigenvalue weighted by atomic mass is 9.91. The Morgan fingerprint density at radius 2 is 2.00 bits per heavy atom. The van der Waals surface area contributed by atoms with E-state index in [0.29, 0.717) is 25.2 Å². The number of piperidine rings is 1. The molecule has 2 atom stereocenters. The smallest absolute Gasteiger partial charge is 0.248 e. The van der Waals surface area contributed by atoms with Crippen LogP contribution in [0.3, 0.4) is 0 Å². The van der Waals surface area contributed by atoms with Crippen LogP contribution >= 0.6 is 0 Å². The third kappa shape index (κ3) is 5.41. The summed E-state index contributed by atoms with van der Waals surface area (Å²) in [5.74, 6) is 0.406. The molecule has 154 valence electrons. The molecule has 1 aromatic carbocycles. The first kappa shape index (κ1) is 20.0. The van der Waals surface area contributed by atoms with E-state index in [9.17, 15) is 4.79 Å². The maximum atomic E-state index is 12.7. The molecule has 6 heteroatoms. The van der Waals surface area contributed by atoms with Gasteiger partial charge >= 0.3 is 0 Å². The molecule has 2 aliphatic heterocycles. The van der Waals surface area contributed by atoms with Crippen LogP contribution in [0.1, 0.15) is 17.5 Å². The molecule has 0 radical (unpaired) electrons. The Balaban J connectivity index is 1.30. The molecule has 0 bridgehead atoms. The quantitative estimate of drug-likeness (QED) is 0.752. The van der Waals surface area contributed by atoms with E-state index in [2.05, 4.69) is 16.0 Å². The predicted octanol–water partition coefficient (Wildman–Crippen LogP) is 2.35. The van der Waals surface area contributed by atoms with E-state index in [4.69, 9.17) is 9.47 Å². The molecular weight excluding hydrogens is 366 g/mol. The van der Waals surface area contributed by atoms with Crippen molar-refractivity contribution in [1.82, 2.24) is 14.8 Å². The third-order valence-electron chi connectivity index (χ3n) is 5.82. The van der Waals surface area contributed by atoms with Crippen LogP contribution in [0.4, 0.5) is 0 Å². The number of ether oxygens (including phenoxy) is 2. The first-order valence-corrected chi connectivity index (χ1v) is 10.4. The van der Waals surface area contributed by atoms with E-state index in [1.807, 2.05) is 53.7 Å². The summed E-state index contributed by atoms with van der Waals surface area (Å²) in [5, 5.41) is 0. The number of hydrogen-bond donors (Lipinski definition) is 0. The summed E-state index contributed by atoms with van der Waals surface area (Å²) in [5.41, 5.74) is 2.31. The minimum Gasteiger partial charge on any atom is -0.380 e. The van der Waals surface area contributed by atoms with Crippen molar-refractivity contribution >= 4 is 5.91 Å². The van der Waals surface area contributed by atoms with Crippen LogP contribution < -0.4 is 0 Å². The number of likely N-dealkylation sites (tertiary alicyclic amines) is 1. The first-order chi connectivity index (χ1) is 14.3. The van der Waals surface area contributed by atoms with Crippen molar-refractivity contribution in [3.05, 3.63) is 66.0 Å². The van der Waals surface area contributed by atoms with Crippen molar-refractivity contribution in [2.75, 3.05) is 39.5 Å². The molecule has 0 saturated carbocycles. The number of hydrogen-bond acceptors (Lipinski definition) is 5. The average molecular weight is 396 g/mol. The molecule has 0 spiro atoms. The van der Waals surface area contributed by atoms with Crippen LogP contribution in [-0.4, -0.2) is 66.2 Å². The van der Waals surface area contributed by atoms with E-state index in [1.165, 1.54) is 5.56 Å². The summed E-state index contributed by atoms with van der Waals surface area (Å²) in [6, 6.07) is 14.5. The van der Waals surface area contributed by atoms with Gasteiger partial charge < -0.3 is 14.4 Å². The molecule has 3 heterocycles. The highest BCUT2D eigenvalue weighted by Crippen LogP contribution is 2.26. The number of rotatable bonds is 6. The molecule has 1 amide bonds. The van der Waals surface area contributed by atoms with Crippen molar-refractivity contribution in [3.8, 4) is 0 Å². The predicted molar refractivity (Wildman–Crippen MR) is 110 cm³/mol. The zero-order valence-electron chi connectivity index (χ0n) is 16.8. The third-order valence-corrected chi connectivity index (χ3v) is 5.82. The molecule has 2 aliphatic rings. The van der Waals surface area contributed by atoms with Crippen molar-refractivity contribution in [2.24, 2.45) is 5.92 Å². The molecular formula is C23H29N3O3. The largest absolute Gasteiger partial charge is 0.380 e. The molecule has 29 heavy (non-hydrogen) atoms. The van der Waals surface area contributed by atoms with Gasteiger partial charge in [-0.05, 0) is 23.6 Å². The number of amides is 1. The number of aromatic nitrogens is 1. The molecule has 0 N–H and O–H groups in total. The second-order valence-corrected chi connectivity index (χ2v) is 7.84. The Hall–Kier alpha value is -2.28. The normalized spacial score (nSPS) is 22.7. The second kappa shape index (κ2) is 9.96. The first-order valence-electron chi connectivity index (χ1n) is 10.4. The monoisotopic (exact) mass is 395 g/mol. The highest BCUT2D eigenvalue weighted by atomic mass is 16.5. The molecule has 2 saturated heterocycles. The van der Waals surface area contributed by atoms with Crippen LogP contribution in [0.25, 0.3) is 0 Å². The van der Waals surface area contributed by atoms with Crippen LogP contribution in [0, 0.1) is 5.92 Å². The second-order valence-electron chi connectivity index (χ2n) is 7.84. The fourth-order valence-electron chi connectivity index (χ4n) is 4.32. The maximum Gasteiger partial charge on any atom is 0.248 e. The van der Waals surface area contributed by atoms with Crippen LogP contribution in [0.15, 0.2) is 54.9 Å². The zero-order valence-corrected chi connectivity index (χ0v) is 16.8. The van der Waals surface area contributed by atoms with Gasteiger partial charge in [0.05, 0.1) is 19.8 Å². The van der Waals surface area contributed by atoms with Gasteiger partial charge in [-0.3, -0.25) is 14.7 Å². The van der Waals surface area contributed by atoms with E-state index in [0.717, 1.165) is 44.8 Å². The highest BCUT2D eigenvalue weighted by Gasteiger charge is 2.36. The van der Waals surface area contributed by atoms with Crippen molar-refractivity contribution in [2.45, 2.75) is 25.6 Å². The lowest BCUT2D eigenvalue weighted by Gasteiger charge is -2.42. The van der Waals surface area contributed by atoms with E-state index < -0.39 is 0 Å². The van der Waals surface area contributed by atoms with E-state index in [1.54, 1.807) is 0 Å². The van der Waals surface area contributed by atoms with Gasteiger partial charge in [0, 0.05) is 50.5 Å². The number of benzene rings is 1. The molecule has 1 aromatic heterocycles. The summed E-state index contributed by atoms with van der Waals surface area (Å²) in [6.07, 6.45) is 4.71. The Bertz CT molecular complexity index is 771. The fraction of sp³-hybridized carbons (Fsp3) is 0.478. The topological polar surface area (TPSA) is 54.9 Å². The van der Waals surface area contributed by atoms with Gasteiger partial charge in [-0.25, -0.2) is 0 Å². The van der Waals surface area contributed by atoms with E-state index in [-0.39, 0.29) is 12.5 Å². The molecule has 4 rings (SSSR count). The minimum absolute atomic E-state index is 0.0717. The lowest BCUT2D eigenvalue weighted by Crippen LogP contribution is -2.53. The van der Waals surface area contributed by atoms with Crippen molar-refractivity contribution < 1.29 is 14.3 Å². The Kier molecular flexibility index (Phi) is 6.87. The maximum absolute atomic E-state index is 12.7. The van der Waals surface area contributed by atoms with Crippen LogP contribution in [0.5, 0.6) is 0 Å². The Morgan fingerprint density at radius 1 is 1.14 bits per heavy atom. The SMILES string of the molecule is O=C(COCc1ccccc1)N1CCC2C(COCCN2Cc2cccnc2)C1. The van der Waals surface area contributed by atoms with Gasteiger partial charge in [-0.1, -0.05) is 36.4 Å². The van der Waals surface area contributed by atoms with Crippen molar-refractivity contribution in [1.29, 1.82) is 0 Å². The summed E-state index contributed by atoms with van der Waals surface area (Å²) in [7, 11) is 0. The lowest BCUT2D eigenvalue weighted by molar-refractivity contribution is -0.139. The van der Waals surface area contributed by atoms with Gasteiger partial charge in [-0.15, -0.1) is 0 Å². The van der Waals surface area contributed by atoms with Crippen molar-refractivity contribution in [3.63, 3.8) is 0 Å². The van der Waals surface area contributed by atoms with Gasteiger partial charge in [-0.2, -0.15) is 0 Å². The molecule has 2 unspecified atom stereocenters. The number of pyridine rings is 1. The van der Waals surface area contributed by atoms with Gasteiger partial charge in [0.1, 0.15) is 6.61 Å². The Labute approximate surface area is 172 Å². The highest BCUT2D eigenvalue weighted by molar-refractivity contribution is 5.77. The Morgan fingerprint density at radius 3 is 2.83 bits per heavy atom. The summed E-state index contributed by atoms with van der Waals surface area (Å²) >= 11 is 0. The number of fused-ring (bicyclic) bond motifs is 1. The van der Waals surface area contributed by atoms with Crippen LogP contribution in [-0.2, 0) is 27.4 Å². The number of carbonyl (C=O) groups excluding carboxylic acids is 1. The fourth-order valence-corrected chi connectivity index (χ4v) is 4.32. The summed E-state index contributed by atoms with van der Waals surface area (Å²) in [4.78, 5) is 21.3. The van der Waals surface area contributed by atoms with Gasteiger partial charge in [0.15, 0.2) is 0 Å². The summed E-state index contributed by atoms with van der Waals surface area (Å²) < 4.78 is 11.5. The number of carbonyl (C=O) groups is 1. The average Bonchev–Trinajstić information content (AvgIpc) is 2.97. The molecule has 2 fully saturated rings. The minimum atomic E-state index is 0.0717. The zero-order chi connectivity index (χ0) is 19.9. The molecule has 6 nitrogen and oxygen atoms in total. The molecule has 0 aliphatic carbocycles. The van der Waals surface area contributed by atoms with Crippen LogP contribution in [0.2, 0.25) is 0 Å². The number of nitrogens with zero attached hydrogens (tertiary/aromatic N) is 3. The van der Waals surface area contributed by atoms with Gasteiger partial charge in [0.25, 0.3) is 0 Å². The standard InChI is InChI=1S/C23H29N3O3/c27-23(18-29-16-19-5-2-1-3-6-19)26-10-8-22-21(15-26)17-28-12-11-25(22)14-20-7-4-9-24-13-20/h1-7,9,13,21-22H,8,10-12,14-18H2. The molecule has 2 aromatic rings. The van der Waals surface area contributed by atoms with E-state index >= 15 is 0 Å². The summed E-state index contributed by atoms with van der Waals surface area (Å²) in [6.45, 7) is 5.36.